The van der Waals surface area contributed by atoms with E-state index in [1.165, 1.54) is 5.56 Å². The van der Waals surface area contributed by atoms with Crippen molar-refractivity contribution in [2.75, 3.05) is 27.2 Å². The molecule has 0 radical (unpaired) electrons. The average molecular weight is 365 g/mol. The zero-order valence-corrected chi connectivity index (χ0v) is 16.0. The average Bonchev–Trinajstić information content (AvgIpc) is 2.72. The number of hydrogen-bond acceptors (Lipinski definition) is 2. The fourth-order valence-corrected chi connectivity index (χ4v) is 3.44. The second kappa shape index (κ2) is 8.71. The van der Waals surface area contributed by atoms with Crippen molar-refractivity contribution < 1.29 is 9.59 Å². The molecule has 1 saturated heterocycles. The largest absolute Gasteiger partial charge is 0.352 e. The van der Waals surface area contributed by atoms with Crippen molar-refractivity contribution in [1.29, 1.82) is 0 Å². The maximum absolute atomic E-state index is 12.5. The molecule has 5 heteroatoms. The Bertz CT molecular complexity index is 781. The summed E-state index contributed by atoms with van der Waals surface area (Å²) >= 11 is 0. The molecule has 2 aromatic rings. The first-order valence-corrected chi connectivity index (χ1v) is 9.43. The van der Waals surface area contributed by atoms with Gasteiger partial charge in [-0.3, -0.25) is 4.79 Å². The van der Waals surface area contributed by atoms with Crippen LogP contribution in [0.25, 0.3) is 11.1 Å². The molecule has 1 fully saturated rings. The number of amides is 3. The van der Waals surface area contributed by atoms with Gasteiger partial charge in [0.05, 0.1) is 0 Å². The minimum absolute atomic E-state index is 0.0199. The lowest BCUT2D eigenvalue weighted by molar-refractivity contribution is -0.126. The lowest BCUT2D eigenvalue weighted by Gasteiger charge is -2.33. The number of nitrogens with one attached hydrogen (secondary N) is 1. The van der Waals surface area contributed by atoms with Crippen LogP contribution < -0.4 is 5.32 Å². The van der Waals surface area contributed by atoms with Crippen LogP contribution in [0, 0.1) is 5.92 Å². The molecular weight excluding hydrogens is 338 g/mol. The van der Waals surface area contributed by atoms with E-state index >= 15 is 0 Å². The Labute approximate surface area is 161 Å². The quantitative estimate of drug-likeness (QED) is 0.903. The molecule has 0 aliphatic carbocycles. The van der Waals surface area contributed by atoms with Crippen LogP contribution in [-0.2, 0) is 11.3 Å². The van der Waals surface area contributed by atoms with Crippen molar-refractivity contribution in [3.8, 4) is 11.1 Å². The monoisotopic (exact) mass is 365 g/mol. The van der Waals surface area contributed by atoms with Gasteiger partial charge in [0.25, 0.3) is 0 Å². The summed E-state index contributed by atoms with van der Waals surface area (Å²) < 4.78 is 0. The highest BCUT2D eigenvalue weighted by molar-refractivity contribution is 5.79. The predicted molar refractivity (Wildman–Crippen MR) is 107 cm³/mol. The summed E-state index contributed by atoms with van der Waals surface area (Å²) in [5, 5.41) is 3.06. The SMILES string of the molecule is CN(C)C(=O)N1CCC(C(=O)NCc2cccc(-c3ccccc3)c2)CC1. The Morgan fingerprint density at radius 2 is 1.67 bits per heavy atom. The predicted octanol–water partition coefficient (Wildman–Crippen LogP) is 3.36. The van der Waals surface area contributed by atoms with E-state index in [2.05, 4.69) is 29.6 Å². The molecule has 0 saturated carbocycles. The van der Waals surface area contributed by atoms with Crippen LogP contribution in [0.1, 0.15) is 18.4 Å². The topological polar surface area (TPSA) is 52.7 Å². The van der Waals surface area contributed by atoms with Crippen LogP contribution in [0.3, 0.4) is 0 Å². The highest BCUT2D eigenvalue weighted by atomic mass is 16.2. The fraction of sp³-hybridized carbons (Fsp3) is 0.364. The summed E-state index contributed by atoms with van der Waals surface area (Å²) in [4.78, 5) is 27.9. The zero-order chi connectivity index (χ0) is 19.2. The van der Waals surface area contributed by atoms with E-state index in [9.17, 15) is 9.59 Å². The van der Waals surface area contributed by atoms with Gasteiger partial charge in [0.2, 0.25) is 5.91 Å². The molecule has 1 heterocycles. The number of carbonyl (C=O) groups excluding carboxylic acids is 2. The van der Waals surface area contributed by atoms with E-state index in [4.69, 9.17) is 0 Å². The van der Waals surface area contributed by atoms with Gasteiger partial charge >= 0.3 is 6.03 Å². The minimum Gasteiger partial charge on any atom is -0.352 e. The van der Waals surface area contributed by atoms with Crippen LogP contribution in [0.5, 0.6) is 0 Å². The third-order valence-corrected chi connectivity index (χ3v) is 5.02. The maximum Gasteiger partial charge on any atom is 0.319 e. The van der Waals surface area contributed by atoms with Crippen LogP contribution in [-0.4, -0.2) is 48.9 Å². The van der Waals surface area contributed by atoms with E-state index in [1.54, 1.807) is 19.0 Å². The summed E-state index contributed by atoms with van der Waals surface area (Å²) in [6.07, 6.45) is 1.44. The van der Waals surface area contributed by atoms with Gasteiger partial charge in [-0.15, -0.1) is 0 Å². The van der Waals surface area contributed by atoms with Crippen molar-refractivity contribution in [3.05, 3.63) is 60.2 Å². The highest BCUT2D eigenvalue weighted by Gasteiger charge is 2.27. The van der Waals surface area contributed by atoms with Crippen LogP contribution in [0.4, 0.5) is 4.79 Å². The second-order valence-electron chi connectivity index (χ2n) is 7.22. The summed E-state index contributed by atoms with van der Waals surface area (Å²) in [5.41, 5.74) is 3.41. The number of benzene rings is 2. The molecule has 2 aromatic carbocycles. The Morgan fingerprint density at radius 3 is 2.33 bits per heavy atom. The molecule has 142 valence electrons. The molecule has 1 aliphatic rings. The van der Waals surface area contributed by atoms with Crippen molar-refractivity contribution >= 4 is 11.9 Å². The van der Waals surface area contributed by atoms with E-state index in [0.717, 1.165) is 24.0 Å². The first-order valence-electron chi connectivity index (χ1n) is 9.43. The Balaban J connectivity index is 1.52. The third kappa shape index (κ3) is 4.88. The summed E-state index contributed by atoms with van der Waals surface area (Å²) in [6.45, 7) is 1.80. The lowest BCUT2D eigenvalue weighted by atomic mass is 9.96. The van der Waals surface area contributed by atoms with E-state index in [0.29, 0.717) is 19.6 Å². The normalized spacial score (nSPS) is 14.7. The highest BCUT2D eigenvalue weighted by Crippen LogP contribution is 2.21. The number of hydrogen-bond donors (Lipinski definition) is 1. The Hall–Kier alpha value is -2.82. The standard InChI is InChI=1S/C22H27N3O2/c1-24(2)22(27)25-13-11-19(12-14-25)21(26)23-16-17-7-6-10-20(15-17)18-8-4-3-5-9-18/h3-10,15,19H,11-14,16H2,1-2H3,(H,23,26). The number of carbonyl (C=O) groups is 2. The van der Waals surface area contributed by atoms with Gasteiger partial charge in [0.1, 0.15) is 0 Å². The summed E-state index contributed by atoms with van der Waals surface area (Å²) in [6, 6.07) is 18.5. The van der Waals surface area contributed by atoms with Gasteiger partial charge in [0.15, 0.2) is 0 Å². The number of rotatable bonds is 4. The van der Waals surface area contributed by atoms with Crippen LogP contribution >= 0.6 is 0 Å². The molecule has 3 rings (SSSR count). The van der Waals surface area contributed by atoms with E-state index in [-0.39, 0.29) is 17.9 Å². The van der Waals surface area contributed by atoms with Gasteiger partial charge in [-0.05, 0) is 35.6 Å². The van der Waals surface area contributed by atoms with Crippen molar-refractivity contribution in [2.45, 2.75) is 19.4 Å². The number of nitrogens with zero attached hydrogens (tertiary/aromatic N) is 2. The van der Waals surface area contributed by atoms with Crippen molar-refractivity contribution in [3.63, 3.8) is 0 Å². The molecular formula is C22H27N3O2. The number of urea groups is 1. The van der Waals surface area contributed by atoms with Crippen molar-refractivity contribution in [2.24, 2.45) is 5.92 Å². The number of piperidine rings is 1. The summed E-state index contributed by atoms with van der Waals surface area (Å²) in [5.74, 6) is 0.0607. The molecule has 0 atom stereocenters. The molecule has 3 amide bonds. The van der Waals surface area contributed by atoms with Crippen LogP contribution in [0.15, 0.2) is 54.6 Å². The van der Waals surface area contributed by atoms with Gasteiger partial charge in [-0.2, -0.15) is 0 Å². The molecule has 27 heavy (non-hydrogen) atoms. The van der Waals surface area contributed by atoms with Crippen molar-refractivity contribution in [1.82, 2.24) is 15.1 Å². The minimum atomic E-state index is -0.0199. The van der Waals surface area contributed by atoms with Gasteiger partial charge in [0, 0.05) is 39.6 Å². The van der Waals surface area contributed by atoms with E-state index < -0.39 is 0 Å². The first-order chi connectivity index (χ1) is 13.0. The third-order valence-electron chi connectivity index (χ3n) is 5.02. The van der Waals surface area contributed by atoms with E-state index in [1.807, 2.05) is 35.2 Å². The molecule has 0 aromatic heterocycles. The van der Waals surface area contributed by atoms with Gasteiger partial charge < -0.3 is 15.1 Å². The Morgan fingerprint density at radius 1 is 1.00 bits per heavy atom. The Kier molecular flexibility index (Phi) is 6.12. The fourth-order valence-electron chi connectivity index (χ4n) is 3.44. The molecule has 5 nitrogen and oxygen atoms in total. The lowest BCUT2D eigenvalue weighted by Crippen LogP contribution is -2.46. The second-order valence-corrected chi connectivity index (χ2v) is 7.22. The smallest absolute Gasteiger partial charge is 0.319 e. The van der Waals surface area contributed by atoms with Gasteiger partial charge in [-0.25, -0.2) is 4.79 Å². The zero-order valence-electron chi connectivity index (χ0n) is 16.0. The molecule has 0 bridgehead atoms. The molecule has 1 N–H and O–H groups in total. The molecule has 0 unspecified atom stereocenters. The van der Waals surface area contributed by atoms with Gasteiger partial charge in [-0.1, -0.05) is 48.5 Å². The molecule has 1 aliphatic heterocycles. The van der Waals surface area contributed by atoms with Crippen LogP contribution in [0.2, 0.25) is 0 Å². The first kappa shape index (κ1) is 19.0. The number of likely N-dealkylation sites (tertiary alicyclic amines) is 1. The molecule has 0 spiro atoms. The summed E-state index contributed by atoms with van der Waals surface area (Å²) in [7, 11) is 3.51. The maximum atomic E-state index is 12.5.